The van der Waals surface area contributed by atoms with E-state index in [1.165, 1.54) is 5.56 Å². The third kappa shape index (κ3) is 21.4. The van der Waals surface area contributed by atoms with Crippen LogP contribution in [0.1, 0.15) is 41.9 Å². The Bertz CT molecular complexity index is 1840. The van der Waals surface area contributed by atoms with Gasteiger partial charge >= 0.3 is 11.9 Å². The van der Waals surface area contributed by atoms with E-state index in [4.69, 9.17) is 0 Å². The molecule has 350 valence electrons. The summed E-state index contributed by atoms with van der Waals surface area (Å²) < 4.78 is 0. The molecule has 0 aliphatic carbocycles. The Balaban J connectivity index is 1.15. The lowest BCUT2D eigenvalue weighted by Crippen LogP contribution is -2.49. The lowest BCUT2D eigenvalue weighted by atomic mass is 10.1. The maximum absolute atomic E-state index is 13.6. The van der Waals surface area contributed by atoms with Crippen molar-refractivity contribution in [1.82, 2.24) is 49.7 Å². The lowest BCUT2D eigenvalue weighted by Gasteiger charge is -2.33. The third-order valence-electron chi connectivity index (χ3n) is 11.6. The first-order chi connectivity index (χ1) is 31.7. The van der Waals surface area contributed by atoms with Gasteiger partial charge in [0.25, 0.3) is 0 Å². The van der Waals surface area contributed by atoms with Gasteiger partial charge in [-0.05, 0) is 54.9 Å². The van der Waals surface area contributed by atoms with Crippen molar-refractivity contribution >= 4 is 23.6 Å². The van der Waals surface area contributed by atoms with E-state index in [9.17, 15) is 29.4 Å². The highest BCUT2D eigenvalue weighted by atomic mass is 16.4. The molecule has 4 heterocycles. The summed E-state index contributed by atoms with van der Waals surface area (Å²) in [6.07, 6.45) is 8.01. The number of rotatable bonds is 26. The molecule has 0 saturated carbocycles. The Morgan fingerprint density at radius 2 is 1.03 bits per heavy atom. The molecule has 1 aromatic carbocycles. The van der Waals surface area contributed by atoms with Crippen molar-refractivity contribution < 1.29 is 29.4 Å². The number of Topliss-reactive ketones (excluding diaryl/α,β-unsaturated/α-hetero) is 1. The van der Waals surface area contributed by atoms with Crippen LogP contribution in [-0.2, 0) is 45.1 Å². The van der Waals surface area contributed by atoms with Gasteiger partial charge in [0.2, 0.25) is 5.91 Å². The van der Waals surface area contributed by atoms with Crippen LogP contribution in [-0.4, -0.2) is 189 Å². The summed E-state index contributed by atoms with van der Waals surface area (Å²) in [7, 11) is 0. The first-order valence-corrected chi connectivity index (χ1v) is 23.0. The second-order valence-electron chi connectivity index (χ2n) is 16.7. The Morgan fingerprint density at radius 3 is 1.57 bits per heavy atom. The summed E-state index contributed by atoms with van der Waals surface area (Å²) in [5.74, 6) is -1.84. The van der Waals surface area contributed by atoms with Crippen LogP contribution in [0.3, 0.4) is 0 Å². The van der Waals surface area contributed by atoms with Crippen molar-refractivity contribution in [3.63, 3.8) is 0 Å². The smallest absolute Gasteiger partial charge is 0.317 e. The maximum Gasteiger partial charge on any atom is 0.317 e. The second-order valence-corrected chi connectivity index (χ2v) is 16.7. The molecule has 1 aliphatic rings. The fraction of sp³-hybridized carbons (Fsp3) is 0.490. The molecule has 0 bridgehead atoms. The minimum atomic E-state index is -0.940. The number of hydrogen-bond donors (Lipinski definition) is 3. The molecule has 0 spiro atoms. The molecule has 1 aliphatic heterocycles. The van der Waals surface area contributed by atoms with E-state index < -0.39 is 11.9 Å². The SMILES string of the molecule is O=C(O)CCN1CCN(CC(=O)CCCN(CCc2ccccn2)Cc2ccccn2)CCN(CC(=O)O)CCN(CC(=O)NCCN(CCc2ccccn2)Cc2ccccc2)CC1. The normalized spacial score (nSPS) is 15.0. The van der Waals surface area contributed by atoms with Gasteiger partial charge in [-0.1, -0.05) is 48.5 Å². The van der Waals surface area contributed by atoms with Crippen LogP contribution in [0.4, 0.5) is 0 Å². The van der Waals surface area contributed by atoms with Gasteiger partial charge in [0, 0.05) is 147 Å². The quantitative estimate of drug-likeness (QED) is 0.0838. The molecule has 3 aromatic heterocycles. The van der Waals surface area contributed by atoms with E-state index in [1.54, 1.807) is 18.6 Å². The standard InChI is InChI=1S/C49H68N10O6/c60-46(16-10-24-55(38-45-15-6-9-22-52-45)25-17-43-13-4-7-20-50-43)39-57-31-29-54(27-19-48(62)63)30-32-58(34-36-59(35-33-57)41-49(64)65)40-47(61)53-23-28-56(37-42-11-2-1-3-12-42)26-18-44-14-5-8-21-51-44/h1-9,11-15,20-22H,10,16-19,23-41H2,(H,53,61)(H,62,63)(H,64,65). The number of amides is 1. The van der Waals surface area contributed by atoms with Crippen molar-refractivity contribution in [3.8, 4) is 0 Å². The number of ketones is 1. The molecule has 3 N–H and O–H groups in total. The van der Waals surface area contributed by atoms with Gasteiger partial charge in [-0.15, -0.1) is 0 Å². The molecule has 0 atom stereocenters. The van der Waals surface area contributed by atoms with Gasteiger partial charge in [-0.3, -0.25) is 58.6 Å². The van der Waals surface area contributed by atoms with Gasteiger partial charge in [-0.2, -0.15) is 0 Å². The highest BCUT2D eigenvalue weighted by molar-refractivity contribution is 5.80. The zero-order valence-corrected chi connectivity index (χ0v) is 37.8. The highest BCUT2D eigenvalue weighted by Crippen LogP contribution is 2.10. The van der Waals surface area contributed by atoms with Crippen molar-refractivity contribution in [2.75, 3.05) is 111 Å². The molecule has 16 heteroatoms. The molecule has 16 nitrogen and oxygen atoms in total. The summed E-state index contributed by atoms with van der Waals surface area (Å²) in [6, 6.07) is 28.0. The third-order valence-corrected chi connectivity index (χ3v) is 11.6. The topological polar surface area (TPSA) is 179 Å². The minimum Gasteiger partial charge on any atom is -0.481 e. The molecular weight excluding hydrogens is 825 g/mol. The zero-order valence-electron chi connectivity index (χ0n) is 37.8. The van der Waals surface area contributed by atoms with E-state index in [2.05, 4.69) is 52.0 Å². The zero-order chi connectivity index (χ0) is 45.9. The average Bonchev–Trinajstić information content (AvgIpc) is 3.30. The molecule has 1 amide bonds. The summed E-state index contributed by atoms with van der Waals surface area (Å²) in [4.78, 5) is 76.9. The molecule has 0 unspecified atom stereocenters. The molecule has 4 aromatic rings. The van der Waals surface area contributed by atoms with E-state index in [0.717, 1.165) is 56.1 Å². The van der Waals surface area contributed by atoms with Crippen LogP contribution in [0.25, 0.3) is 0 Å². The summed E-state index contributed by atoms with van der Waals surface area (Å²) in [6.45, 7) is 9.16. The van der Waals surface area contributed by atoms with Crippen molar-refractivity contribution in [2.45, 2.75) is 45.2 Å². The van der Waals surface area contributed by atoms with E-state index in [-0.39, 0.29) is 37.7 Å². The largest absolute Gasteiger partial charge is 0.481 e. The van der Waals surface area contributed by atoms with Gasteiger partial charge < -0.3 is 20.4 Å². The van der Waals surface area contributed by atoms with Gasteiger partial charge in [0.05, 0.1) is 31.7 Å². The Kier molecular flexibility index (Phi) is 22.6. The Labute approximate surface area is 384 Å². The van der Waals surface area contributed by atoms with Crippen LogP contribution in [0, 0.1) is 0 Å². The van der Waals surface area contributed by atoms with Gasteiger partial charge in [0.15, 0.2) is 0 Å². The van der Waals surface area contributed by atoms with Crippen molar-refractivity contribution in [1.29, 1.82) is 0 Å². The van der Waals surface area contributed by atoms with Crippen LogP contribution < -0.4 is 5.32 Å². The average molecular weight is 893 g/mol. The predicted molar refractivity (Wildman–Crippen MR) is 250 cm³/mol. The fourth-order valence-corrected chi connectivity index (χ4v) is 7.90. The molecular formula is C49H68N10O6. The molecule has 5 rings (SSSR count). The second kappa shape index (κ2) is 29.1. The summed E-state index contributed by atoms with van der Waals surface area (Å²) >= 11 is 0. The number of nitrogens with one attached hydrogen (secondary N) is 1. The number of benzene rings is 1. The first-order valence-electron chi connectivity index (χ1n) is 23.0. The fourth-order valence-electron chi connectivity index (χ4n) is 7.90. The molecule has 1 fully saturated rings. The summed E-state index contributed by atoms with van der Waals surface area (Å²) in [5, 5.41) is 22.5. The number of pyridine rings is 3. The minimum absolute atomic E-state index is 0.0268. The monoisotopic (exact) mass is 893 g/mol. The van der Waals surface area contributed by atoms with Gasteiger partial charge in [0.1, 0.15) is 5.78 Å². The number of aliphatic carboxylic acids is 2. The maximum atomic E-state index is 13.6. The van der Waals surface area contributed by atoms with E-state index in [0.29, 0.717) is 91.4 Å². The van der Waals surface area contributed by atoms with Crippen molar-refractivity contribution in [3.05, 3.63) is 126 Å². The number of carboxylic acids is 2. The number of carboxylic acid groups (broad SMARTS) is 2. The Morgan fingerprint density at radius 1 is 0.523 bits per heavy atom. The number of carbonyl (C=O) groups excluding carboxylic acids is 2. The van der Waals surface area contributed by atoms with Crippen LogP contribution >= 0.6 is 0 Å². The Hall–Kier alpha value is -5.49. The van der Waals surface area contributed by atoms with Crippen LogP contribution in [0.2, 0.25) is 0 Å². The molecule has 1 saturated heterocycles. The van der Waals surface area contributed by atoms with Gasteiger partial charge in [-0.25, -0.2) is 0 Å². The first kappa shape index (κ1) is 50.5. The number of nitrogens with zero attached hydrogens (tertiary/aromatic N) is 9. The van der Waals surface area contributed by atoms with E-state index >= 15 is 0 Å². The van der Waals surface area contributed by atoms with E-state index in [1.807, 2.05) is 82.6 Å². The number of hydrogen-bond acceptors (Lipinski definition) is 13. The van der Waals surface area contributed by atoms with Crippen LogP contribution in [0.5, 0.6) is 0 Å². The van der Waals surface area contributed by atoms with Crippen LogP contribution in [0.15, 0.2) is 104 Å². The molecule has 0 radical (unpaired) electrons. The lowest BCUT2D eigenvalue weighted by molar-refractivity contribution is -0.139. The number of carbonyl (C=O) groups is 4. The summed E-state index contributed by atoms with van der Waals surface area (Å²) in [5.41, 5.74) is 4.18. The molecule has 65 heavy (non-hydrogen) atoms. The number of aromatic nitrogens is 3. The predicted octanol–water partition coefficient (Wildman–Crippen LogP) is 2.91. The van der Waals surface area contributed by atoms with Crippen molar-refractivity contribution in [2.24, 2.45) is 0 Å². The highest BCUT2D eigenvalue weighted by Gasteiger charge is 2.21.